The van der Waals surface area contributed by atoms with Gasteiger partial charge in [-0.25, -0.2) is 9.18 Å². The zero-order valence-corrected chi connectivity index (χ0v) is 14.7. The van der Waals surface area contributed by atoms with Gasteiger partial charge < -0.3 is 25.0 Å². The molecule has 1 saturated heterocycles. The topological polar surface area (TPSA) is 97.8 Å². The molecule has 5 rings (SSSR count). The normalized spacial score (nSPS) is 23.2. The van der Waals surface area contributed by atoms with Crippen LogP contribution in [0.3, 0.4) is 0 Å². The van der Waals surface area contributed by atoms with Gasteiger partial charge in [0.15, 0.2) is 5.75 Å². The van der Waals surface area contributed by atoms with Gasteiger partial charge in [0.25, 0.3) is 0 Å². The van der Waals surface area contributed by atoms with Crippen molar-refractivity contribution in [2.45, 2.75) is 37.8 Å². The van der Waals surface area contributed by atoms with Crippen LogP contribution < -0.4 is 20.8 Å². The number of carboxylic acid groups (broad SMARTS) is 1. The van der Waals surface area contributed by atoms with Gasteiger partial charge in [0.05, 0.1) is 22.8 Å². The van der Waals surface area contributed by atoms with Gasteiger partial charge >= 0.3 is 6.16 Å². The summed E-state index contributed by atoms with van der Waals surface area (Å²) in [6.07, 6.45) is 3.86. The molecule has 1 spiro atoms. The Kier molecular flexibility index (Phi) is 3.34. The second kappa shape index (κ2) is 5.45. The fourth-order valence-corrected chi connectivity index (χ4v) is 4.26. The Morgan fingerprint density at radius 2 is 2.07 bits per heavy atom. The van der Waals surface area contributed by atoms with Crippen molar-refractivity contribution < 1.29 is 19.0 Å². The van der Waals surface area contributed by atoms with Crippen molar-refractivity contribution >= 4 is 22.7 Å². The van der Waals surface area contributed by atoms with Crippen molar-refractivity contribution in [3.63, 3.8) is 0 Å². The standard InChI is InChI=1S/C19H20FN3O4/c20-12-5-11-13(6-14(12)22-8-16(21)19(9-22)3-4-19)23(10-1-2-10)7-15(17(11)24)27-18(25)26/h5-7,10,16H,1-4,8-9,21H2,(H,25,26). The molecule has 2 saturated carbocycles. The van der Waals surface area contributed by atoms with E-state index in [0.717, 1.165) is 32.2 Å². The first kappa shape index (κ1) is 16.6. The summed E-state index contributed by atoms with van der Waals surface area (Å²) in [4.78, 5) is 25.5. The van der Waals surface area contributed by atoms with Crippen molar-refractivity contribution in [3.8, 4) is 5.75 Å². The third-order valence-electron chi connectivity index (χ3n) is 6.15. The molecule has 3 fully saturated rings. The summed E-state index contributed by atoms with van der Waals surface area (Å²) in [6, 6.07) is 3.09. The minimum atomic E-state index is -1.56. The van der Waals surface area contributed by atoms with Gasteiger partial charge in [-0.05, 0) is 37.8 Å². The third-order valence-corrected chi connectivity index (χ3v) is 6.15. The molecule has 8 heteroatoms. The van der Waals surface area contributed by atoms with Crippen molar-refractivity contribution in [2.24, 2.45) is 11.1 Å². The van der Waals surface area contributed by atoms with Crippen LogP contribution in [0.25, 0.3) is 10.9 Å². The number of pyridine rings is 1. The number of hydrogen-bond acceptors (Lipinski definition) is 5. The number of ether oxygens (including phenoxy) is 1. The molecule has 0 amide bonds. The Morgan fingerprint density at radius 1 is 1.33 bits per heavy atom. The van der Waals surface area contributed by atoms with Crippen LogP contribution >= 0.6 is 0 Å². The molecular weight excluding hydrogens is 353 g/mol. The molecule has 3 N–H and O–H groups in total. The number of anilines is 1. The van der Waals surface area contributed by atoms with Gasteiger partial charge in [0, 0.05) is 30.6 Å². The second-order valence-corrected chi connectivity index (χ2v) is 8.00. The highest BCUT2D eigenvalue weighted by molar-refractivity contribution is 5.85. The molecule has 7 nitrogen and oxygen atoms in total. The molecule has 1 atom stereocenters. The first-order valence-corrected chi connectivity index (χ1v) is 9.18. The number of rotatable bonds is 3. The number of benzene rings is 1. The van der Waals surface area contributed by atoms with Crippen molar-refractivity contribution in [1.29, 1.82) is 0 Å². The van der Waals surface area contributed by atoms with Crippen molar-refractivity contribution in [3.05, 3.63) is 34.4 Å². The first-order valence-electron chi connectivity index (χ1n) is 9.18. The highest BCUT2D eigenvalue weighted by Crippen LogP contribution is 2.53. The summed E-state index contributed by atoms with van der Waals surface area (Å²) in [5, 5.41) is 9.00. The largest absolute Gasteiger partial charge is 0.511 e. The maximum absolute atomic E-state index is 14.9. The van der Waals surface area contributed by atoms with Crippen molar-refractivity contribution in [2.75, 3.05) is 18.0 Å². The van der Waals surface area contributed by atoms with E-state index in [1.807, 2.05) is 9.47 Å². The lowest BCUT2D eigenvalue weighted by Gasteiger charge is -2.21. The highest BCUT2D eigenvalue weighted by Gasteiger charge is 2.53. The summed E-state index contributed by atoms with van der Waals surface area (Å²) in [6.45, 7) is 1.32. The Labute approximate surface area is 154 Å². The van der Waals surface area contributed by atoms with Crippen LogP contribution in [0, 0.1) is 11.2 Å². The maximum Gasteiger partial charge on any atom is 0.511 e. The highest BCUT2D eigenvalue weighted by atomic mass is 19.1. The fraction of sp³-hybridized carbons (Fsp3) is 0.474. The Hall–Kier alpha value is -2.61. The van der Waals surface area contributed by atoms with Crippen LogP contribution in [-0.4, -0.2) is 35.0 Å². The van der Waals surface area contributed by atoms with Crippen LogP contribution in [0.4, 0.5) is 14.9 Å². The van der Waals surface area contributed by atoms with E-state index < -0.39 is 17.4 Å². The van der Waals surface area contributed by atoms with Gasteiger partial charge in [-0.2, -0.15) is 0 Å². The second-order valence-electron chi connectivity index (χ2n) is 8.00. The molecule has 3 aliphatic rings. The van der Waals surface area contributed by atoms with Crippen LogP contribution in [0.2, 0.25) is 0 Å². The third kappa shape index (κ3) is 2.58. The minimum Gasteiger partial charge on any atom is -0.449 e. The number of halogens is 1. The Balaban J connectivity index is 1.65. The zero-order valence-electron chi connectivity index (χ0n) is 14.7. The summed E-state index contributed by atoms with van der Waals surface area (Å²) < 4.78 is 21.4. The molecule has 1 aromatic carbocycles. The molecule has 1 aromatic heterocycles. The number of aromatic nitrogens is 1. The monoisotopic (exact) mass is 373 g/mol. The fourth-order valence-electron chi connectivity index (χ4n) is 4.26. The van der Waals surface area contributed by atoms with E-state index in [2.05, 4.69) is 4.74 Å². The summed E-state index contributed by atoms with van der Waals surface area (Å²) in [5.41, 5.74) is 6.79. The van der Waals surface area contributed by atoms with Gasteiger partial charge in [0.1, 0.15) is 5.82 Å². The molecule has 2 aromatic rings. The van der Waals surface area contributed by atoms with Crippen molar-refractivity contribution in [1.82, 2.24) is 4.57 Å². The molecule has 2 aliphatic carbocycles. The van der Waals surface area contributed by atoms with Gasteiger partial charge in [0.2, 0.25) is 5.43 Å². The van der Waals surface area contributed by atoms with E-state index in [9.17, 15) is 14.0 Å². The average molecular weight is 373 g/mol. The minimum absolute atomic E-state index is 0.0320. The zero-order chi connectivity index (χ0) is 18.9. The van der Waals surface area contributed by atoms with E-state index in [1.54, 1.807) is 6.07 Å². The molecule has 1 unspecified atom stereocenters. The van der Waals surface area contributed by atoms with Crippen LogP contribution in [0.15, 0.2) is 23.1 Å². The summed E-state index contributed by atoms with van der Waals surface area (Å²) >= 11 is 0. The number of fused-ring (bicyclic) bond motifs is 1. The number of hydrogen-bond donors (Lipinski definition) is 2. The van der Waals surface area contributed by atoms with Crippen LogP contribution in [0.1, 0.15) is 31.7 Å². The molecule has 0 radical (unpaired) electrons. The van der Waals surface area contributed by atoms with E-state index in [0.29, 0.717) is 17.7 Å². The van der Waals surface area contributed by atoms with Gasteiger partial charge in [-0.15, -0.1) is 0 Å². The van der Waals surface area contributed by atoms with E-state index >= 15 is 0 Å². The molecule has 2 heterocycles. The maximum atomic E-state index is 14.9. The van der Waals surface area contributed by atoms with E-state index in [1.165, 1.54) is 12.3 Å². The SMILES string of the molecule is NC1CN(c2cc3c(cc2F)c(=O)c(OC(=O)O)cn3C2CC2)CC12CC2. The van der Waals surface area contributed by atoms with Crippen LogP contribution in [0.5, 0.6) is 5.75 Å². The molecule has 27 heavy (non-hydrogen) atoms. The summed E-state index contributed by atoms with van der Waals surface area (Å²) in [5.74, 6) is -0.798. The first-order chi connectivity index (χ1) is 12.9. The number of nitrogens with zero attached hydrogens (tertiary/aromatic N) is 2. The quantitative estimate of drug-likeness (QED) is 0.802. The Morgan fingerprint density at radius 3 is 2.67 bits per heavy atom. The Bertz CT molecular complexity index is 1030. The average Bonchev–Trinajstić information content (AvgIpc) is 3.50. The van der Waals surface area contributed by atoms with E-state index in [-0.39, 0.29) is 28.6 Å². The molecule has 1 aliphatic heterocycles. The van der Waals surface area contributed by atoms with E-state index in [4.69, 9.17) is 10.8 Å². The molecule has 0 bridgehead atoms. The molecular formula is C19H20FN3O4. The van der Waals surface area contributed by atoms with Gasteiger partial charge in [-0.1, -0.05) is 0 Å². The van der Waals surface area contributed by atoms with Gasteiger partial charge in [-0.3, -0.25) is 4.79 Å². The van der Waals surface area contributed by atoms with Crippen LogP contribution in [-0.2, 0) is 0 Å². The predicted octanol–water partition coefficient (Wildman–Crippen LogP) is 2.46. The number of carbonyl (C=O) groups is 1. The predicted molar refractivity (Wildman–Crippen MR) is 96.9 cm³/mol. The summed E-state index contributed by atoms with van der Waals surface area (Å²) in [7, 11) is 0. The lowest BCUT2D eigenvalue weighted by molar-refractivity contribution is 0.143. The molecule has 142 valence electrons. The lowest BCUT2D eigenvalue weighted by atomic mass is 10.0. The number of nitrogens with two attached hydrogens (primary N) is 1. The lowest BCUT2D eigenvalue weighted by Crippen LogP contribution is -2.30. The smallest absolute Gasteiger partial charge is 0.449 e.